The summed E-state index contributed by atoms with van der Waals surface area (Å²) in [5.41, 5.74) is 22.3. The molecular formula is C25H34F3N9O9S. The van der Waals surface area contributed by atoms with E-state index in [4.69, 9.17) is 32.6 Å². The second kappa shape index (κ2) is 13.4. The average Bonchev–Trinajstić information content (AvgIpc) is 3.39. The van der Waals surface area contributed by atoms with Gasteiger partial charge in [-0.3, -0.25) is 4.18 Å². The fourth-order valence-corrected chi connectivity index (χ4v) is 8.22. The molecule has 22 heteroatoms. The number of fused-ring (bicyclic) bond motifs is 2. The summed E-state index contributed by atoms with van der Waals surface area (Å²) in [4.78, 5) is 8.55. The first kappa shape index (κ1) is 34.3. The van der Waals surface area contributed by atoms with Crippen LogP contribution in [0.5, 0.6) is 0 Å². The number of nitrogens with zero attached hydrogens (tertiary/aromatic N) is 9. The molecule has 0 amide bonds. The standard InChI is InChI=1S/C25H34F3N9O9S/c26-25(27,28)47(38,39)46-20-16(34-37-31)22(41-15-12-40-23(44-19(15)20)7-3-1-4-8-23)42-17-13(32-35-29)11-14(33-36-30)18-21(17)45-24(43-18)9-5-2-6-10-24/h13-22H,1-12H2/t13?,14-,15?,16?,17-,18?,19-,20-,21+,22-/m1/s1. The van der Waals surface area contributed by atoms with Crippen LogP contribution in [0.1, 0.15) is 70.6 Å². The third kappa shape index (κ3) is 6.69. The van der Waals surface area contributed by atoms with Crippen LogP contribution in [-0.4, -0.2) is 93.1 Å². The number of ether oxygens (including phenoxy) is 6. The number of hydrogen-bond acceptors (Lipinski definition) is 12. The molecule has 0 aromatic rings. The lowest BCUT2D eigenvalue weighted by atomic mass is 9.84. The van der Waals surface area contributed by atoms with Crippen LogP contribution in [0.2, 0.25) is 0 Å². The van der Waals surface area contributed by atoms with E-state index >= 15 is 0 Å². The topological polar surface area (TPSA) is 245 Å². The zero-order valence-corrected chi connectivity index (χ0v) is 25.8. The summed E-state index contributed by atoms with van der Waals surface area (Å²) in [5, 5.41) is 11.3. The lowest BCUT2D eigenvalue weighted by Crippen LogP contribution is -2.67. The molecule has 6 rings (SSSR count). The Morgan fingerprint density at radius 3 is 1.94 bits per heavy atom. The number of hydrogen-bond donors (Lipinski definition) is 0. The lowest BCUT2D eigenvalue weighted by Gasteiger charge is -2.53. The highest BCUT2D eigenvalue weighted by atomic mass is 32.2. The second-order valence-corrected chi connectivity index (χ2v) is 14.1. The molecule has 0 bridgehead atoms. The number of azide groups is 3. The highest BCUT2D eigenvalue weighted by Crippen LogP contribution is 2.48. The van der Waals surface area contributed by atoms with Crippen molar-refractivity contribution in [1.82, 2.24) is 0 Å². The fourth-order valence-electron chi connectivity index (χ4n) is 7.59. The van der Waals surface area contributed by atoms with Crippen LogP contribution in [0, 0.1) is 0 Å². The van der Waals surface area contributed by atoms with Crippen molar-refractivity contribution in [2.75, 3.05) is 6.61 Å². The van der Waals surface area contributed by atoms with Crippen molar-refractivity contribution < 1.29 is 54.2 Å². The molecule has 6 fully saturated rings. The summed E-state index contributed by atoms with van der Waals surface area (Å²) >= 11 is 0. The molecule has 2 spiro atoms. The van der Waals surface area contributed by atoms with Crippen LogP contribution in [0.25, 0.3) is 31.3 Å². The van der Waals surface area contributed by atoms with E-state index in [9.17, 15) is 38.2 Å². The van der Waals surface area contributed by atoms with E-state index in [2.05, 4.69) is 30.1 Å². The predicted molar refractivity (Wildman–Crippen MR) is 149 cm³/mol. The van der Waals surface area contributed by atoms with Gasteiger partial charge in [0.1, 0.15) is 30.5 Å². The van der Waals surface area contributed by atoms with E-state index in [0.29, 0.717) is 38.5 Å². The highest BCUT2D eigenvalue weighted by Gasteiger charge is 2.62. The van der Waals surface area contributed by atoms with E-state index in [1.54, 1.807) is 0 Å². The van der Waals surface area contributed by atoms with Gasteiger partial charge in [-0.15, -0.1) is 0 Å². The maximum Gasteiger partial charge on any atom is 0.523 e. The normalized spacial score (nSPS) is 39.5. The molecule has 0 aromatic heterocycles. The maximum atomic E-state index is 13.6. The third-order valence-corrected chi connectivity index (χ3v) is 10.7. The molecule has 3 saturated carbocycles. The van der Waals surface area contributed by atoms with Gasteiger partial charge in [-0.25, -0.2) is 0 Å². The van der Waals surface area contributed by atoms with Gasteiger partial charge in [-0.2, -0.15) is 21.6 Å². The minimum atomic E-state index is -6.24. The van der Waals surface area contributed by atoms with Crippen molar-refractivity contribution in [3.63, 3.8) is 0 Å². The van der Waals surface area contributed by atoms with Crippen molar-refractivity contribution in [3.05, 3.63) is 31.3 Å². The average molecular weight is 694 g/mol. The SMILES string of the molecule is [N-]=[N+]=NC1C[C@@H](N=[N+]=[N-])C2OC3(CCCCC3)O[C@H]2[C@@H]1O[C@H]1OC2COC3(CCCCC3)O[C@H]2[C@H](OS(=O)(=O)C(F)(F)F)C1N=[N+]=[N-]. The summed E-state index contributed by atoms with van der Waals surface area (Å²) in [6.45, 7) is -0.225. The van der Waals surface area contributed by atoms with E-state index in [1.165, 1.54) is 0 Å². The Hall–Kier alpha value is -2.61. The van der Waals surface area contributed by atoms with Gasteiger partial charge < -0.3 is 28.4 Å². The molecule has 6 aliphatic rings. The number of alkyl halides is 3. The van der Waals surface area contributed by atoms with Crippen LogP contribution in [-0.2, 0) is 42.7 Å². The smallest absolute Gasteiger partial charge is 0.347 e. The van der Waals surface area contributed by atoms with Gasteiger partial charge in [0.25, 0.3) is 0 Å². The first-order chi connectivity index (χ1) is 22.4. The quantitative estimate of drug-likeness (QED) is 0.110. The Balaban J connectivity index is 1.35. The van der Waals surface area contributed by atoms with Gasteiger partial charge in [0.15, 0.2) is 17.9 Å². The highest BCUT2D eigenvalue weighted by molar-refractivity contribution is 7.87. The number of halogens is 3. The van der Waals surface area contributed by atoms with Crippen molar-refractivity contribution >= 4 is 10.1 Å². The van der Waals surface area contributed by atoms with E-state index < -0.39 is 88.2 Å². The Bertz CT molecular complexity index is 1430. The largest absolute Gasteiger partial charge is 0.523 e. The summed E-state index contributed by atoms with van der Waals surface area (Å²) in [6, 6.07) is -3.75. The van der Waals surface area contributed by atoms with Gasteiger partial charge in [0.2, 0.25) is 0 Å². The molecule has 18 nitrogen and oxygen atoms in total. The minimum absolute atomic E-state index is 0.0541. The number of rotatable bonds is 7. The molecule has 3 aliphatic carbocycles. The van der Waals surface area contributed by atoms with Crippen molar-refractivity contribution in [2.45, 2.75) is 149 Å². The molecule has 3 heterocycles. The Morgan fingerprint density at radius 1 is 0.745 bits per heavy atom. The summed E-state index contributed by atoms with van der Waals surface area (Å²) in [6.07, 6.45) is -3.02. The fraction of sp³-hybridized carbons (Fsp3) is 1.00. The van der Waals surface area contributed by atoms with Gasteiger partial charge in [-0.1, -0.05) is 28.2 Å². The van der Waals surface area contributed by atoms with Crippen molar-refractivity contribution in [2.24, 2.45) is 15.3 Å². The summed E-state index contributed by atoms with van der Waals surface area (Å²) < 4.78 is 108. The molecular weight excluding hydrogens is 659 g/mol. The Kier molecular flexibility index (Phi) is 9.74. The van der Waals surface area contributed by atoms with E-state index in [0.717, 1.165) is 25.7 Å². The monoisotopic (exact) mass is 693 g/mol. The molecule has 10 atom stereocenters. The van der Waals surface area contributed by atoms with E-state index in [-0.39, 0.29) is 13.0 Å². The molecule has 0 aromatic carbocycles. The molecule has 3 saturated heterocycles. The molecule has 260 valence electrons. The van der Waals surface area contributed by atoms with Crippen LogP contribution < -0.4 is 0 Å². The Labute approximate surface area is 266 Å². The van der Waals surface area contributed by atoms with Gasteiger partial charge in [-0.05, 0) is 48.7 Å². The van der Waals surface area contributed by atoms with E-state index in [1.807, 2.05) is 0 Å². The van der Waals surface area contributed by atoms with Gasteiger partial charge >= 0.3 is 15.6 Å². The van der Waals surface area contributed by atoms with Crippen LogP contribution in [0.3, 0.4) is 0 Å². The van der Waals surface area contributed by atoms with Crippen LogP contribution in [0.4, 0.5) is 13.2 Å². The molecule has 0 radical (unpaired) electrons. The first-order valence-corrected chi connectivity index (χ1v) is 17.0. The Morgan fingerprint density at radius 2 is 1.32 bits per heavy atom. The molecule has 3 aliphatic heterocycles. The molecule has 47 heavy (non-hydrogen) atoms. The zero-order chi connectivity index (χ0) is 33.5. The molecule has 4 unspecified atom stereocenters. The second-order valence-electron chi connectivity index (χ2n) is 12.6. The van der Waals surface area contributed by atoms with Crippen LogP contribution >= 0.6 is 0 Å². The van der Waals surface area contributed by atoms with Gasteiger partial charge in [0, 0.05) is 40.4 Å². The third-order valence-electron chi connectivity index (χ3n) is 9.70. The van der Waals surface area contributed by atoms with Crippen molar-refractivity contribution in [1.29, 1.82) is 0 Å². The zero-order valence-electron chi connectivity index (χ0n) is 25.0. The lowest BCUT2D eigenvalue weighted by molar-refractivity contribution is -0.385. The van der Waals surface area contributed by atoms with Crippen molar-refractivity contribution in [3.8, 4) is 0 Å². The minimum Gasteiger partial charge on any atom is -0.347 e. The maximum absolute atomic E-state index is 13.6. The summed E-state index contributed by atoms with van der Waals surface area (Å²) in [5.74, 6) is -2.26. The first-order valence-electron chi connectivity index (χ1n) is 15.5. The van der Waals surface area contributed by atoms with Gasteiger partial charge in [0.05, 0.1) is 30.9 Å². The summed E-state index contributed by atoms with van der Waals surface area (Å²) in [7, 11) is -6.24. The molecule has 0 N–H and O–H groups in total. The van der Waals surface area contributed by atoms with Crippen LogP contribution in [0.15, 0.2) is 15.3 Å². The predicted octanol–water partition coefficient (Wildman–Crippen LogP) is 5.29.